The van der Waals surface area contributed by atoms with Gasteiger partial charge in [0.25, 0.3) is 5.91 Å². The van der Waals surface area contributed by atoms with Crippen molar-refractivity contribution in [2.45, 2.75) is 39.2 Å². The lowest BCUT2D eigenvalue weighted by Crippen LogP contribution is -2.52. The van der Waals surface area contributed by atoms with Crippen molar-refractivity contribution in [1.82, 2.24) is 10.3 Å². The molecule has 2 rings (SSSR count). The van der Waals surface area contributed by atoms with Gasteiger partial charge in [0.15, 0.2) is 0 Å². The van der Waals surface area contributed by atoms with Gasteiger partial charge in [-0.15, -0.1) is 11.3 Å². The Kier molecular flexibility index (Phi) is 5.15. The molecule has 1 heterocycles. The van der Waals surface area contributed by atoms with Crippen molar-refractivity contribution in [3.05, 3.63) is 40.2 Å². The number of amides is 1. The van der Waals surface area contributed by atoms with E-state index >= 15 is 0 Å². The van der Waals surface area contributed by atoms with Crippen molar-refractivity contribution in [2.75, 3.05) is 0 Å². The number of nitrogens with zero attached hydrogens (tertiary/aromatic N) is 1. The smallest absolute Gasteiger partial charge is 0.329 e. The molecule has 0 aliphatic carbocycles. The van der Waals surface area contributed by atoms with Crippen molar-refractivity contribution in [1.29, 1.82) is 0 Å². The van der Waals surface area contributed by atoms with Gasteiger partial charge < -0.3 is 10.4 Å². The first-order chi connectivity index (χ1) is 10.9. The molecule has 0 saturated heterocycles. The van der Waals surface area contributed by atoms with Crippen LogP contribution in [0.5, 0.6) is 0 Å². The molecule has 1 aromatic heterocycles. The van der Waals surface area contributed by atoms with Gasteiger partial charge in [0.1, 0.15) is 5.54 Å². The minimum Gasteiger partial charge on any atom is -0.480 e. The van der Waals surface area contributed by atoms with E-state index in [1.54, 1.807) is 29.5 Å². The first-order valence-corrected chi connectivity index (χ1v) is 8.32. The van der Waals surface area contributed by atoms with E-state index in [9.17, 15) is 14.7 Å². The normalized spacial score (nSPS) is 13.3. The average molecular weight is 332 g/mol. The lowest BCUT2D eigenvalue weighted by atomic mass is 9.95. The van der Waals surface area contributed by atoms with E-state index in [1.807, 2.05) is 25.3 Å². The molecule has 5 nitrogen and oxygen atoms in total. The number of rotatable bonds is 6. The molecule has 0 saturated carbocycles. The van der Waals surface area contributed by atoms with E-state index in [-0.39, 0.29) is 0 Å². The first kappa shape index (κ1) is 17.1. The number of aliphatic carboxylic acids is 1. The topological polar surface area (TPSA) is 79.3 Å². The average Bonchev–Trinajstić information content (AvgIpc) is 2.94. The van der Waals surface area contributed by atoms with E-state index in [0.717, 1.165) is 16.3 Å². The summed E-state index contributed by atoms with van der Waals surface area (Å²) in [6.07, 6.45) is 1.04. The summed E-state index contributed by atoms with van der Waals surface area (Å²) in [4.78, 5) is 28.3. The lowest BCUT2D eigenvalue weighted by molar-refractivity contribution is -0.144. The van der Waals surface area contributed by atoms with Gasteiger partial charge in [-0.2, -0.15) is 0 Å². The van der Waals surface area contributed by atoms with E-state index in [4.69, 9.17) is 0 Å². The Morgan fingerprint density at radius 3 is 2.70 bits per heavy atom. The molecule has 0 radical (unpaired) electrons. The number of hydrogen-bond donors (Lipinski definition) is 2. The van der Waals surface area contributed by atoms with Gasteiger partial charge in [-0.05, 0) is 32.4 Å². The first-order valence-electron chi connectivity index (χ1n) is 7.44. The summed E-state index contributed by atoms with van der Waals surface area (Å²) < 4.78 is 0. The minimum absolute atomic E-state index is 0.374. The lowest BCUT2D eigenvalue weighted by Gasteiger charge is -2.25. The van der Waals surface area contributed by atoms with Crippen molar-refractivity contribution >= 4 is 23.2 Å². The molecule has 6 heteroatoms. The van der Waals surface area contributed by atoms with Crippen molar-refractivity contribution in [2.24, 2.45) is 0 Å². The van der Waals surface area contributed by atoms with Gasteiger partial charge in [0.05, 0.1) is 10.7 Å². The number of aromatic nitrogens is 1. The summed E-state index contributed by atoms with van der Waals surface area (Å²) in [5.41, 5.74) is 0.821. The van der Waals surface area contributed by atoms with Crippen LogP contribution in [0.25, 0.3) is 11.3 Å². The Morgan fingerprint density at radius 2 is 2.13 bits per heavy atom. The van der Waals surface area contributed by atoms with Crippen LogP contribution in [-0.2, 0) is 4.79 Å². The number of nitrogens with one attached hydrogen (secondary N) is 1. The molecule has 0 spiro atoms. The molecule has 0 aliphatic heterocycles. The fraction of sp³-hybridized carbons (Fsp3) is 0.353. The van der Waals surface area contributed by atoms with Crippen molar-refractivity contribution in [3.63, 3.8) is 0 Å². The molecule has 1 amide bonds. The highest BCUT2D eigenvalue weighted by molar-refractivity contribution is 7.09. The highest BCUT2D eigenvalue weighted by Crippen LogP contribution is 2.23. The van der Waals surface area contributed by atoms with Gasteiger partial charge in [0.2, 0.25) is 0 Å². The van der Waals surface area contributed by atoms with Gasteiger partial charge in [-0.1, -0.05) is 25.5 Å². The number of hydrogen-bond acceptors (Lipinski definition) is 4. The minimum atomic E-state index is -1.26. The van der Waals surface area contributed by atoms with Crippen LogP contribution in [-0.4, -0.2) is 27.5 Å². The van der Waals surface area contributed by atoms with Crippen LogP contribution < -0.4 is 5.32 Å². The quantitative estimate of drug-likeness (QED) is 0.848. The molecular formula is C17H20N2O3S. The Morgan fingerprint density at radius 1 is 1.39 bits per heavy atom. The molecule has 23 heavy (non-hydrogen) atoms. The summed E-state index contributed by atoms with van der Waals surface area (Å²) in [5, 5.41) is 14.9. The van der Waals surface area contributed by atoms with E-state index in [1.165, 1.54) is 6.92 Å². The summed E-state index contributed by atoms with van der Waals surface area (Å²) in [6, 6.07) is 7.06. The Labute approximate surface area is 139 Å². The Hall–Kier alpha value is -2.21. The van der Waals surface area contributed by atoms with Crippen LogP contribution >= 0.6 is 11.3 Å². The monoisotopic (exact) mass is 332 g/mol. The second kappa shape index (κ2) is 6.91. The maximum atomic E-state index is 12.4. The number of benzene rings is 1. The number of thiazole rings is 1. The summed E-state index contributed by atoms with van der Waals surface area (Å²) in [6.45, 7) is 5.34. The zero-order valence-corrected chi connectivity index (χ0v) is 14.2. The third-order valence-electron chi connectivity index (χ3n) is 3.65. The van der Waals surface area contributed by atoms with Crippen LogP contribution in [0.15, 0.2) is 29.6 Å². The van der Waals surface area contributed by atoms with Gasteiger partial charge >= 0.3 is 5.97 Å². The number of carboxylic acid groups (broad SMARTS) is 1. The SMILES string of the molecule is CCCC(C)(NC(=O)c1cccc(-c2csc(C)n2)c1)C(=O)O. The molecule has 1 aromatic carbocycles. The largest absolute Gasteiger partial charge is 0.480 e. The molecule has 0 aliphatic rings. The zero-order chi connectivity index (χ0) is 17.0. The third-order valence-corrected chi connectivity index (χ3v) is 4.42. The van der Waals surface area contributed by atoms with E-state index < -0.39 is 17.4 Å². The number of carbonyl (C=O) groups is 2. The van der Waals surface area contributed by atoms with Gasteiger partial charge in [-0.25, -0.2) is 9.78 Å². The van der Waals surface area contributed by atoms with Gasteiger partial charge in [-0.3, -0.25) is 4.79 Å². The second-order valence-electron chi connectivity index (χ2n) is 5.67. The molecule has 0 fully saturated rings. The fourth-order valence-corrected chi connectivity index (χ4v) is 2.98. The highest BCUT2D eigenvalue weighted by atomic mass is 32.1. The maximum Gasteiger partial charge on any atom is 0.329 e. The molecule has 1 unspecified atom stereocenters. The Bertz CT molecular complexity index is 726. The van der Waals surface area contributed by atoms with E-state index in [2.05, 4.69) is 10.3 Å². The summed E-state index contributed by atoms with van der Waals surface area (Å²) in [5.74, 6) is -1.42. The molecular weight excluding hydrogens is 312 g/mol. The number of carbonyl (C=O) groups excluding carboxylic acids is 1. The third kappa shape index (κ3) is 3.96. The zero-order valence-electron chi connectivity index (χ0n) is 13.4. The van der Waals surface area contributed by atoms with Crippen molar-refractivity contribution in [3.8, 4) is 11.3 Å². The number of aryl methyl sites for hydroxylation is 1. The van der Waals surface area contributed by atoms with Gasteiger partial charge in [0, 0.05) is 16.5 Å². The molecule has 1 atom stereocenters. The molecule has 122 valence electrons. The number of carboxylic acids is 1. The summed E-state index contributed by atoms with van der Waals surface area (Å²) in [7, 11) is 0. The van der Waals surface area contributed by atoms with E-state index in [0.29, 0.717) is 18.4 Å². The predicted molar refractivity (Wildman–Crippen MR) is 90.7 cm³/mol. The van der Waals surface area contributed by atoms with Crippen LogP contribution in [0.4, 0.5) is 0 Å². The highest BCUT2D eigenvalue weighted by Gasteiger charge is 2.34. The fourth-order valence-electron chi connectivity index (χ4n) is 2.36. The maximum absolute atomic E-state index is 12.4. The van der Waals surface area contributed by atoms with Crippen LogP contribution in [0.3, 0.4) is 0 Å². The molecule has 2 aromatic rings. The Balaban J connectivity index is 2.24. The molecule has 2 N–H and O–H groups in total. The standard InChI is InChI=1S/C17H20N2O3S/c1-4-8-17(3,16(21)22)19-15(20)13-7-5-6-12(9-13)14-10-23-11(2)18-14/h5-7,9-10H,4,8H2,1-3H3,(H,19,20)(H,21,22). The van der Waals surface area contributed by atoms with Crippen LogP contribution in [0, 0.1) is 6.92 Å². The predicted octanol–water partition coefficient (Wildman–Crippen LogP) is 3.49. The van der Waals surface area contributed by atoms with Crippen LogP contribution in [0.2, 0.25) is 0 Å². The molecule has 0 bridgehead atoms. The van der Waals surface area contributed by atoms with Crippen LogP contribution in [0.1, 0.15) is 42.1 Å². The van der Waals surface area contributed by atoms with Crippen molar-refractivity contribution < 1.29 is 14.7 Å². The second-order valence-corrected chi connectivity index (χ2v) is 6.74. The summed E-state index contributed by atoms with van der Waals surface area (Å²) >= 11 is 1.54.